The van der Waals surface area contributed by atoms with Gasteiger partial charge in [-0.2, -0.15) is 0 Å². The molecule has 2 aromatic heterocycles. The number of furan rings is 1. The van der Waals surface area contributed by atoms with E-state index in [1.165, 1.54) is 6.20 Å². The van der Waals surface area contributed by atoms with Crippen molar-refractivity contribution in [2.45, 2.75) is 31.8 Å². The Bertz CT molecular complexity index is 658. The highest BCUT2D eigenvalue weighted by Gasteiger charge is 2.16. The van der Waals surface area contributed by atoms with Gasteiger partial charge in [-0.05, 0) is 31.7 Å². The lowest BCUT2D eigenvalue weighted by molar-refractivity contribution is 0.475. The third-order valence-electron chi connectivity index (χ3n) is 2.82. The summed E-state index contributed by atoms with van der Waals surface area (Å²) in [5.41, 5.74) is 0.834. The first-order chi connectivity index (χ1) is 9.51. The second kappa shape index (κ2) is 6.25. The summed E-state index contributed by atoms with van der Waals surface area (Å²) in [5, 5.41) is 3.13. The van der Waals surface area contributed by atoms with Crippen molar-refractivity contribution in [1.82, 2.24) is 15.0 Å². The van der Waals surface area contributed by atoms with Crippen molar-refractivity contribution in [2.75, 3.05) is 6.54 Å². The van der Waals surface area contributed by atoms with E-state index >= 15 is 0 Å². The van der Waals surface area contributed by atoms with Gasteiger partial charge in [0.15, 0.2) is 0 Å². The Hall–Kier alpha value is -1.57. The summed E-state index contributed by atoms with van der Waals surface area (Å²) in [4.78, 5) is 3.17. The molecule has 2 aromatic rings. The van der Waals surface area contributed by atoms with E-state index in [1.54, 1.807) is 18.2 Å². The highest BCUT2D eigenvalue weighted by Crippen LogP contribution is 2.12. The summed E-state index contributed by atoms with van der Waals surface area (Å²) in [6.45, 7) is 5.40. The third kappa shape index (κ3) is 3.72. The first-order valence-corrected chi connectivity index (χ1v) is 7.92. The van der Waals surface area contributed by atoms with Crippen LogP contribution in [0.1, 0.15) is 24.1 Å². The zero-order valence-electron chi connectivity index (χ0n) is 11.6. The molecule has 20 heavy (non-hydrogen) atoms. The Kier molecular flexibility index (Phi) is 4.64. The Morgan fingerprint density at radius 3 is 2.75 bits per heavy atom. The molecule has 0 unspecified atom stereocenters. The van der Waals surface area contributed by atoms with Crippen molar-refractivity contribution in [3.05, 3.63) is 41.6 Å². The molecule has 6 nitrogen and oxygen atoms in total. The molecule has 2 rings (SSSR count). The quantitative estimate of drug-likeness (QED) is 0.723. The molecule has 0 aliphatic heterocycles. The fourth-order valence-corrected chi connectivity index (χ4v) is 2.78. The zero-order chi connectivity index (χ0) is 14.6. The van der Waals surface area contributed by atoms with E-state index in [4.69, 9.17) is 4.42 Å². The second-order valence-corrected chi connectivity index (χ2v) is 6.24. The Labute approximate surface area is 118 Å². The van der Waals surface area contributed by atoms with Crippen LogP contribution >= 0.6 is 0 Å². The van der Waals surface area contributed by atoms with Crippen LogP contribution in [0.25, 0.3) is 0 Å². The molecule has 0 fully saturated rings. The highest BCUT2D eigenvalue weighted by atomic mass is 32.2. The molecule has 3 N–H and O–H groups in total. The highest BCUT2D eigenvalue weighted by molar-refractivity contribution is 7.89. The van der Waals surface area contributed by atoms with Crippen molar-refractivity contribution < 1.29 is 12.8 Å². The van der Waals surface area contributed by atoms with Crippen LogP contribution in [0.2, 0.25) is 0 Å². The maximum Gasteiger partial charge on any atom is 0.242 e. The normalized spacial score (nSPS) is 11.9. The summed E-state index contributed by atoms with van der Waals surface area (Å²) < 4.78 is 32.1. The van der Waals surface area contributed by atoms with Gasteiger partial charge in [0.25, 0.3) is 0 Å². The smallest absolute Gasteiger partial charge is 0.242 e. The monoisotopic (exact) mass is 297 g/mol. The van der Waals surface area contributed by atoms with E-state index in [2.05, 4.69) is 15.0 Å². The van der Waals surface area contributed by atoms with Crippen LogP contribution in [0.3, 0.4) is 0 Å². The van der Waals surface area contributed by atoms with Gasteiger partial charge >= 0.3 is 0 Å². The van der Waals surface area contributed by atoms with Crippen molar-refractivity contribution in [1.29, 1.82) is 0 Å². The average Bonchev–Trinajstić information content (AvgIpc) is 3.03. The van der Waals surface area contributed by atoms with Crippen LogP contribution in [-0.2, 0) is 23.1 Å². The molecule has 2 heterocycles. The van der Waals surface area contributed by atoms with Crippen LogP contribution in [0.15, 0.2) is 33.7 Å². The number of nitrogens with one attached hydrogen (secondary N) is 3. The van der Waals surface area contributed by atoms with Gasteiger partial charge in [0, 0.05) is 18.4 Å². The Balaban J connectivity index is 2.00. The lowest BCUT2D eigenvalue weighted by Gasteiger charge is -2.02. The molecule has 0 aliphatic rings. The van der Waals surface area contributed by atoms with Crippen LogP contribution in [0.5, 0.6) is 0 Å². The summed E-state index contributed by atoms with van der Waals surface area (Å²) in [6.07, 6.45) is 1.49. The number of H-pyrrole nitrogens is 1. The fraction of sp³-hybridized carbons (Fsp3) is 0.385. The molecule has 0 radical (unpaired) electrons. The van der Waals surface area contributed by atoms with Gasteiger partial charge in [0.2, 0.25) is 10.0 Å². The zero-order valence-corrected chi connectivity index (χ0v) is 12.4. The van der Waals surface area contributed by atoms with Gasteiger partial charge in [-0.15, -0.1) is 0 Å². The number of hydrogen-bond acceptors (Lipinski definition) is 4. The minimum atomic E-state index is -3.52. The molecule has 110 valence electrons. The van der Waals surface area contributed by atoms with Gasteiger partial charge < -0.3 is 14.7 Å². The minimum absolute atomic E-state index is 0.143. The molecule has 0 aliphatic carbocycles. The molecule has 0 saturated carbocycles. The third-order valence-corrected chi connectivity index (χ3v) is 4.21. The lowest BCUT2D eigenvalue weighted by atomic mass is 10.4. The summed E-state index contributed by atoms with van der Waals surface area (Å²) >= 11 is 0. The van der Waals surface area contributed by atoms with E-state index in [-0.39, 0.29) is 11.4 Å². The first-order valence-electron chi connectivity index (χ1n) is 6.44. The summed E-state index contributed by atoms with van der Waals surface area (Å²) in [6, 6.07) is 5.18. The molecule has 0 saturated heterocycles. The maximum atomic E-state index is 12.1. The van der Waals surface area contributed by atoms with Crippen LogP contribution in [-0.4, -0.2) is 19.9 Å². The molecule has 0 aromatic carbocycles. The van der Waals surface area contributed by atoms with Gasteiger partial charge in [0.05, 0.1) is 11.4 Å². The van der Waals surface area contributed by atoms with Crippen LogP contribution in [0, 0.1) is 6.92 Å². The van der Waals surface area contributed by atoms with Crippen molar-refractivity contribution in [2.24, 2.45) is 0 Å². The molecule has 0 amide bonds. The average molecular weight is 297 g/mol. The summed E-state index contributed by atoms with van der Waals surface area (Å²) in [7, 11) is -3.52. The molecule has 0 atom stereocenters. The van der Waals surface area contributed by atoms with Crippen molar-refractivity contribution in [3.8, 4) is 0 Å². The largest absolute Gasteiger partial charge is 0.465 e. The number of rotatable bonds is 7. The first kappa shape index (κ1) is 14.8. The number of hydrogen-bond donors (Lipinski definition) is 3. The number of aromatic amines is 1. The van der Waals surface area contributed by atoms with Crippen LogP contribution < -0.4 is 10.0 Å². The molecular formula is C13H19N3O3S. The predicted octanol–water partition coefficient (Wildman–Crippen LogP) is 1.50. The predicted molar refractivity (Wildman–Crippen MR) is 75.6 cm³/mol. The SMILES string of the molecule is CCNCc1cc(S(=O)(=O)NCc2ccc(C)o2)c[nH]1. The Morgan fingerprint density at radius 1 is 1.30 bits per heavy atom. The van der Waals surface area contributed by atoms with Gasteiger partial charge in [0.1, 0.15) is 11.5 Å². The van der Waals surface area contributed by atoms with E-state index in [0.29, 0.717) is 12.3 Å². The van der Waals surface area contributed by atoms with E-state index in [9.17, 15) is 8.42 Å². The minimum Gasteiger partial charge on any atom is -0.465 e. The number of sulfonamides is 1. The fourth-order valence-electron chi connectivity index (χ4n) is 1.77. The van der Waals surface area contributed by atoms with E-state index in [0.717, 1.165) is 18.0 Å². The standard InChI is InChI=1S/C13H19N3O3S/c1-3-14-7-11-6-13(9-15-11)20(17,18)16-8-12-5-4-10(2)19-12/h4-6,9,14-16H,3,7-8H2,1-2H3. The molecular weight excluding hydrogens is 278 g/mol. The lowest BCUT2D eigenvalue weighted by Crippen LogP contribution is -2.22. The maximum absolute atomic E-state index is 12.1. The Morgan fingerprint density at radius 2 is 2.10 bits per heavy atom. The van der Waals surface area contributed by atoms with Gasteiger partial charge in [-0.1, -0.05) is 6.92 Å². The molecule has 7 heteroatoms. The van der Waals surface area contributed by atoms with Crippen molar-refractivity contribution in [3.63, 3.8) is 0 Å². The number of aromatic nitrogens is 1. The van der Waals surface area contributed by atoms with Gasteiger partial charge in [-0.25, -0.2) is 13.1 Å². The molecule has 0 bridgehead atoms. The summed E-state index contributed by atoms with van der Waals surface area (Å²) in [5.74, 6) is 1.35. The van der Waals surface area contributed by atoms with E-state index < -0.39 is 10.0 Å². The van der Waals surface area contributed by atoms with Crippen molar-refractivity contribution >= 4 is 10.0 Å². The topological polar surface area (TPSA) is 87.1 Å². The van der Waals surface area contributed by atoms with Gasteiger partial charge in [-0.3, -0.25) is 0 Å². The number of aryl methyl sites for hydroxylation is 1. The van der Waals surface area contributed by atoms with E-state index in [1.807, 2.05) is 13.8 Å². The second-order valence-electron chi connectivity index (χ2n) is 4.48. The molecule has 0 spiro atoms. The van der Waals surface area contributed by atoms with Crippen LogP contribution in [0.4, 0.5) is 0 Å².